The summed E-state index contributed by atoms with van der Waals surface area (Å²) in [6.07, 6.45) is 3.26. The first-order chi connectivity index (χ1) is 26.3. The SMILES string of the molecule is O=C(/C=C/c1cc(CO)c(CO)cc1[N+](=O)[O-])CCCOCCOCCOCCOCCOCCOCCOCCOCCC(=O)ON1C(=O)CCC1=O. The highest BCUT2D eigenvalue weighted by Gasteiger charge is 2.32. The van der Waals surface area contributed by atoms with Gasteiger partial charge in [0.15, 0.2) is 5.78 Å². The van der Waals surface area contributed by atoms with Crippen molar-refractivity contribution < 1.29 is 77.0 Å². The molecule has 1 aromatic rings. The predicted molar refractivity (Wildman–Crippen MR) is 187 cm³/mol. The number of nitro groups is 1. The highest BCUT2D eigenvalue weighted by molar-refractivity contribution is 6.01. The highest BCUT2D eigenvalue weighted by atomic mass is 16.7. The van der Waals surface area contributed by atoms with Crippen LogP contribution in [0.1, 0.15) is 48.8 Å². The van der Waals surface area contributed by atoms with Crippen molar-refractivity contribution in [3.8, 4) is 0 Å². The Bertz CT molecular complexity index is 1290. The lowest BCUT2D eigenvalue weighted by Gasteiger charge is -2.12. The molecule has 1 aromatic carbocycles. The highest BCUT2D eigenvalue weighted by Crippen LogP contribution is 2.25. The van der Waals surface area contributed by atoms with Crippen LogP contribution in [0.25, 0.3) is 6.08 Å². The van der Waals surface area contributed by atoms with Crippen LogP contribution in [0, 0.1) is 10.1 Å². The number of aliphatic hydroxyl groups is 2. The van der Waals surface area contributed by atoms with Crippen LogP contribution < -0.4 is 0 Å². The molecule has 0 radical (unpaired) electrons. The van der Waals surface area contributed by atoms with Crippen LogP contribution in [0.5, 0.6) is 0 Å². The van der Waals surface area contributed by atoms with Crippen molar-refractivity contribution in [1.82, 2.24) is 5.06 Å². The molecule has 2 N–H and O–H groups in total. The Morgan fingerprint density at radius 1 is 0.648 bits per heavy atom. The molecule has 0 unspecified atom stereocenters. The van der Waals surface area contributed by atoms with E-state index in [2.05, 4.69) is 0 Å². The van der Waals surface area contributed by atoms with Gasteiger partial charge in [-0.15, -0.1) is 5.06 Å². The topological polar surface area (TPSA) is 238 Å². The molecule has 1 aliphatic rings. The predicted octanol–water partition coefficient (Wildman–Crippen LogP) is 1.07. The van der Waals surface area contributed by atoms with Crippen LogP contribution in [-0.4, -0.2) is 149 Å². The lowest BCUT2D eigenvalue weighted by Crippen LogP contribution is -2.32. The van der Waals surface area contributed by atoms with Gasteiger partial charge >= 0.3 is 5.97 Å². The number of hydrogen-bond donors (Lipinski definition) is 2. The Hall–Kier alpha value is -3.76. The molecule has 0 bridgehead atoms. The standard InChI is InChI=1S/C35H52N2O17/c38-26-29-24-28(32(37(44)45)25-30(29)27-39)3-4-31(40)2-1-8-46-10-12-48-14-16-50-18-20-52-22-23-53-21-19-51-17-15-49-13-11-47-9-7-35(43)54-36-33(41)5-6-34(36)42/h3-4,24-25,38-39H,1-2,5-23,26-27H2/b4-3+. The molecule has 19 nitrogen and oxygen atoms in total. The number of benzene rings is 1. The van der Waals surface area contributed by atoms with E-state index in [0.717, 1.165) is 0 Å². The van der Waals surface area contributed by atoms with Gasteiger partial charge in [0.25, 0.3) is 17.5 Å². The van der Waals surface area contributed by atoms with E-state index in [-0.39, 0.29) is 61.5 Å². The molecule has 1 heterocycles. The van der Waals surface area contributed by atoms with Crippen LogP contribution in [0.3, 0.4) is 0 Å². The minimum atomic E-state index is -0.715. The lowest BCUT2D eigenvalue weighted by molar-refractivity contribution is -0.385. The minimum Gasteiger partial charge on any atom is -0.392 e. The molecular weight excluding hydrogens is 720 g/mol. The fourth-order valence-corrected chi connectivity index (χ4v) is 4.50. The smallest absolute Gasteiger partial charge is 0.335 e. The van der Waals surface area contributed by atoms with Crippen molar-refractivity contribution in [1.29, 1.82) is 0 Å². The lowest BCUT2D eigenvalue weighted by atomic mass is 10.0. The fraction of sp³-hybridized carbons (Fsp3) is 0.657. The largest absolute Gasteiger partial charge is 0.392 e. The molecule has 54 heavy (non-hydrogen) atoms. The third-order valence-corrected chi connectivity index (χ3v) is 7.30. The normalized spacial score (nSPS) is 13.0. The van der Waals surface area contributed by atoms with Crippen molar-refractivity contribution in [3.63, 3.8) is 0 Å². The maximum atomic E-state index is 12.2. The van der Waals surface area contributed by atoms with Crippen molar-refractivity contribution >= 4 is 35.3 Å². The zero-order valence-corrected chi connectivity index (χ0v) is 30.5. The van der Waals surface area contributed by atoms with E-state index in [1.165, 1.54) is 24.3 Å². The number of ether oxygens (including phenoxy) is 8. The number of carbonyl (C=O) groups is 4. The van der Waals surface area contributed by atoms with Crippen molar-refractivity contribution in [3.05, 3.63) is 45.0 Å². The Balaban J connectivity index is 1.27. The zero-order valence-electron chi connectivity index (χ0n) is 30.5. The zero-order chi connectivity index (χ0) is 39.2. The first-order valence-electron chi connectivity index (χ1n) is 17.7. The molecule has 0 spiro atoms. The van der Waals surface area contributed by atoms with E-state index in [9.17, 15) is 39.5 Å². The van der Waals surface area contributed by atoms with Crippen LogP contribution in [0.2, 0.25) is 0 Å². The quantitative estimate of drug-likeness (QED) is 0.0327. The minimum absolute atomic E-state index is 0.0459. The number of hydrogen-bond acceptors (Lipinski definition) is 17. The molecule has 19 heteroatoms. The summed E-state index contributed by atoms with van der Waals surface area (Å²) in [4.78, 5) is 62.1. The number of aliphatic hydroxyl groups excluding tert-OH is 2. The van der Waals surface area contributed by atoms with Crippen molar-refractivity contribution in [2.75, 3.05) is 106 Å². The van der Waals surface area contributed by atoms with Gasteiger partial charge in [-0.05, 0) is 35.8 Å². The van der Waals surface area contributed by atoms with E-state index in [1.807, 2.05) is 0 Å². The Labute approximate surface area is 313 Å². The van der Waals surface area contributed by atoms with Crippen LogP contribution >= 0.6 is 0 Å². The van der Waals surface area contributed by atoms with E-state index in [1.54, 1.807) is 0 Å². The van der Waals surface area contributed by atoms with Gasteiger partial charge in [-0.3, -0.25) is 24.5 Å². The number of ketones is 1. The van der Waals surface area contributed by atoms with Gasteiger partial charge in [0, 0.05) is 31.9 Å². The Morgan fingerprint density at radius 3 is 1.48 bits per heavy atom. The summed E-state index contributed by atoms with van der Waals surface area (Å²) in [5.41, 5.74) is 0.517. The summed E-state index contributed by atoms with van der Waals surface area (Å²) in [6, 6.07) is 2.58. The van der Waals surface area contributed by atoms with E-state index in [0.29, 0.717) is 110 Å². The maximum absolute atomic E-state index is 12.2. The monoisotopic (exact) mass is 772 g/mol. The molecule has 0 atom stereocenters. The number of allylic oxidation sites excluding steroid dienone is 1. The van der Waals surface area contributed by atoms with Gasteiger partial charge in [0.05, 0.1) is 129 Å². The number of nitrogens with zero attached hydrogens (tertiary/aromatic N) is 2. The third kappa shape index (κ3) is 20.6. The van der Waals surface area contributed by atoms with Crippen LogP contribution in [0.4, 0.5) is 5.69 Å². The van der Waals surface area contributed by atoms with E-state index in [4.69, 9.17) is 42.7 Å². The summed E-state index contributed by atoms with van der Waals surface area (Å²) < 4.78 is 43.3. The van der Waals surface area contributed by atoms with Gasteiger partial charge in [0.1, 0.15) is 0 Å². The summed E-state index contributed by atoms with van der Waals surface area (Å²) in [6.45, 7) is 4.92. The summed E-state index contributed by atoms with van der Waals surface area (Å²) in [5, 5.41) is 30.6. The summed E-state index contributed by atoms with van der Waals surface area (Å²) >= 11 is 0. The van der Waals surface area contributed by atoms with Gasteiger partial charge in [0.2, 0.25) is 0 Å². The van der Waals surface area contributed by atoms with Crippen LogP contribution in [-0.2, 0) is 75.1 Å². The van der Waals surface area contributed by atoms with Gasteiger partial charge in [-0.1, -0.05) is 0 Å². The molecule has 0 saturated carbocycles. The molecule has 1 aliphatic heterocycles. The summed E-state index contributed by atoms with van der Waals surface area (Å²) in [5.74, 6) is -1.99. The molecule has 0 aliphatic carbocycles. The summed E-state index contributed by atoms with van der Waals surface area (Å²) in [7, 11) is 0. The number of carbonyl (C=O) groups excluding carboxylic acids is 4. The molecule has 0 aromatic heterocycles. The number of hydroxylamine groups is 2. The number of nitro benzene ring substituents is 1. The van der Waals surface area contributed by atoms with E-state index < -0.39 is 35.9 Å². The molecule has 2 amide bonds. The van der Waals surface area contributed by atoms with Crippen molar-refractivity contribution in [2.45, 2.75) is 45.3 Å². The van der Waals surface area contributed by atoms with Crippen LogP contribution in [0.15, 0.2) is 18.2 Å². The Morgan fingerprint density at radius 2 is 1.06 bits per heavy atom. The average Bonchev–Trinajstić information content (AvgIpc) is 3.48. The van der Waals surface area contributed by atoms with Gasteiger partial charge < -0.3 is 52.9 Å². The third-order valence-electron chi connectivity index (χ3n) is 7.30. The maximum Gasteiger partial charge on any atom is 0.335 e. The van der Waals surface area contributed by atoms with Gasteiger partial charge in [-0.25, -0.2) is 4.79 Å². The second-order valence-electron chi connectivity index (χ2n) is 11.4. The molecule has 304 valence electrons. The average molecular weight is 773 g/mol. The second-order valence-corrected chi connectivity index (χ2v) is 11.4. The second kappa shape index (κ2) is 29.6. The number of amides is 2. The fourth-order valence-electron chi connectivity index (χ4n) is 4.50. The molecule has 1 fully saturated rings. The molecule has 1 saturated heterocycles. The van der Waals surface area contributed by atoms with Crippen molar-refractivity contribution in [2.24, 2.45) is 0 Å². The molecular formula is C35H52N2O17. The first kappa shape index (κ1) is 46.4. The van der Waals surface area contributed by atoms with Gasteiger partial charge in [-0.2, -0.15) is 0 Å². The number of imide groups is 1. The molecule has 2 rings (SSSR count). The Kier molecular flexibility index (Phi) is 25.4. The number of rotatable bonds is 34. The first-order valence-corrected chi connectivity index (χ1v) is 17.7. The van der Waals surface area contributed by atoms with E-state index >= 15 is 0 Å².